The monoisotopic (exact) mass is 506 g/mol. The van der Waals surface area contributed by atoms with E-state index in [0.29, 0.717) is 18.0 Å². The fourth-order valence-electron chi connectivity index (χ4n) is 5.97. The van der Waals surface area contributed by atoms with Gasteiger partial charge in [0, 0.05) is 31.1 Å². The fraction of sp³-hybridized carbons (Fsp3) is 0.379. The van der Waals surface area contributed by atoms with Crippen LogP contribution >= 0.6 is 0 Å². The first kappa shape index (κ1) is 25.0. The number of benzene rings is 3. The Labute approximate surface area is 213 Å². The molecule has 2 aliphatic heterocycles. The lowest BCUT2D eigenvalue weighted by atomic mass is 9.74. The van der Waals surface area contributed by atoms with Crippen LogP contribution in [0, 0.1) is 13.8 Å². The number of phenols is 1. The van der Waals surface area contributed by atoms with Crippen LogP contribution in [0.3, 0.4) is 0 Å². The van der Waals surface area contributed by atoms with Crippen LogP contribution in [-0.4, -0.2) is 66.2 Å². The number of fused-ring (bicyclic) bond motifs is 1. The van der Waals surface area contributed by atoms with Crippen molar-refractivity contribution in [3.05, 3.63) is 83.4 Å². The van der Waals surface area contributed by atoms with Crippen molar-refractivity contribution in [3.8, 4) is 16.9 Å². The van der Waals surface area contributed by atoms with Gasteiger partial charge in [-0.1, -0.05) is 48.5 Å². The molecule has 3 unspecified atom stereocenters. The first-order valence-corrected chi connectivity index (χ1v) is 14.1. The summed E-state index contributed by atoms with van der Waals surface area (Å²) in [5.41, 5.74) is 5.01. The van der Waals surface area contributed by atoms with Crippen molar-refractivity contribution in [2.75, 3.05) is 26.2 Å². The van der Waals surface area contributed by atoms with Gasteiger partial charge in [0.15, 0.2) is 0 Å². The predicted molar refractivity (Wildman–Crippen MR) is 142 cm³/mol. The van der Waals surface area contributed by atoms with Crippen LogP contribution in [0.25, 0.3) is 11.1 Å². The van der Waals surface area contributed by atoms with E-state index in [-0.39, 0.29) is 30.4 Å². The number of sulfonamides is 1. The predicted octanol–water partition coefficient (Wildman–Crippen LogP) is 4.29. The van der Waals surface area contributed by atoms with Crippen LogP contribution in [0.4, 0.5) is 0 Å². The molecule has 6 nitrogen and oxygen atoms in total. The van der Waals surface area contributed by atoms with Crippen molar-refractivity contribution < 1.29 is 18.6 Å². The average Bonchev–Trinajstić information content (AvgIpc) is 2.83. The van der Waals surface area contributed by atoms with Crippen molar-refractivity contribution in [3.63, 3.8) is 0 Å². The topological polar surface area (TPSA) is 81.1 Å². The summed E-state index contributed by atoms with van der Waals surface area (Å²) >= 11 is 0. The highest BCUT2D eigenvalue weighted by molar-refractivity contribution is 7.89. The molecule has 0 radical (unpaired) electrons. The van der Waals surface area contributed by atoms with E-state index in [1.807, 2.05) is 32.0 Å². The average molecular weight is 507 g/mol. The minimum Gasteiger partial charge on any atom is -0.508 e. The van der Waals surface area contributed by atoms with Crippen molar-refractivity contribution in [1.82, 2.24) is 9.21 Å². The third-order valence-corrected chi connectivity index (χ3v) is 9.89. The van der Waals surface area contributed by atoms with Crippen molar-refractivity contribution in [2.24, 2.45) is 0 Å². The highest BCUT2D eigenvalue weighted by Gasteiger charge is 2.50. The number of hydrogen-bond acceptors (Lipinski definition) is 5. The molecule has 2 fully saturated rings. The first-order chi connectivity index (χ1) is 17.3. The molecule has 3 atom stereocenters. The van der Waals surface area contributed by atoms with Crippen LogP contribution in [0.15, 0.2) is 71.6 Å². The molecule has 2 N–H and O–H groups in total. The molecule has 36 heavy (non-hydrogen) atoms. The zero-order chi connectivity index (χ0) is 25.4. The van der Waals surface area contributed by atoms with E-state index >= 15 is 0 Å². The number of aliphatic hydroxyl groups is 1. The van der Waals surface area contributed by atoms with Crippen LogP contribution in [0.2, 0.25) is 0 Å². The lowest BCUT2D eigenvalue weighted by molar-refractivity contribution is -0.0553. The van der Waals surface area contributed by atoms with Gasteiger partial charge < -0.3 is 10.2 Å². The molecular formula is C29H34N2O4S. The second-order valence-corrected chi connectivity index (χ2v) is 11.9. The van der Waals surface area contributed by atoms with Gasteiger partial charge >= 0.3 is 0 Å². The van der Waals surface area contributed by atoms with Gasteiger partial charge in [-0.3, -0.25) is 4.90 Å². The number of nitrogens with zero attached hydrogens (tertiary/aromatic N) is 2. The number of aromatic hydroxyl groups is 1. The van der Waals surface area contributed by atoms with Crippen molar-refractivity contribution >= 4 is 10.0 Å². The Hall–Kier alpha value is -2.71. The van der Waals surface area contributed by atoms with Gasteiger partial charge in [0.1, 0.15) is 5.75 Å². The zero-order valence-electron chi connectivity index (χ0n) is 20.8. The largest absolute Gasteiger partial charge is 0.508 e. The van der Waals surface area contributed by atoms with Crippen LogP contribution in [-0.2, 0) is 10.0 Å². The molecule has 5 rings (SSSR count). The summed E-state index contributed by atoms with van der Waals surface area (Å²) in [4.78, 5) is 2.67. The number of aryl methyl sites for hydroxylation is 2. The summed E-state index contributed by atoms with van der Waals surface area (Å²) in [6.07, 6.45) is 1.70. The van der Waals surface area contributed by atoms with Gasteiger partial charge in [-0.25, -0.2) is 8.42 Å². The van der Waals surface area contributed by atoms with Crippen LogP contribution < -0.4 is 0 Å². The molecule has 0 bridgehead atoms. The van der Waals surface area contributed by atoms with Crippen molar-refractivity contribution in [1.29, 1.82) is 0 Å². The molecule has 7 heteroatoms. The molecule has 2 aliphatic rings. The summed E-state index contributed by atoms with van der Waals surface area (Å²) in [5, 5.41) is 20.0. The molecule has 3 aromatic rings. The Balaban J connectivity index is 1.44. The zero-order valence-corrected chi connectivity index (χ0v) is 21.7. The van der Waals surface area contributed by atoms with E-state index in [2.05, 4.69) is 29.2 Å². The lowest BCUT2D eigenvalue weighted by Crippen LogP contribution is -2.67. The van der Waals surface area contributed by atoms with E-state index in [9.17, 15) is 18.6 Å². The molecule has 0 aliphatic carbocycles. The van der Waals surface area contributed by atoms with E-state index in [1.165, 1.54) is 0 Å². The fourth-order valence-corrected chi connectivity index (χ4v) is 7.69. The van der Waals surface area contributed by atoms with Gasteiger partial charge in [-0.05, 0) is 79.3 Å². The molecule has 2 heterocycles. The smallest absolute Gasteiger partial charge is 0.243 e. The lowest BCUT2D eigenvalue weighted by Gasteiger charge is -2.57. The maximum atomic E-state index is 13.6. The normalized spacial score (nSPS) is 23.4. The molecule has 0 spiro atoms. The van der Waals surface area contributed by atoms with E-state index in [4.69, 9.17) is 0 Å². The second-order valence-electron chi connectivity index (χ2n) is 10.0. The quantitative estimate of drug-likeness (QED) is 0.540. The van der Waals surface area contributed by atoms with E-state index in [1.54, 1.807) is 28.6 Å². The third-order valence-electron chi connectivity index (χ3n) is 7.86. The van der Waals surface area contributed by atoms with Crippen molar-refractivity contribution in [2.45, 2.75) is 49.6 Å². The van der Waals surface area contributed by atoms with E-state index < -0.39 is 10.0 Å². The highest BCUT2D eigenvalue weighted by atomic mass is 32.2. The van der Waals surface area contributed by atoms with Gasteiger partial charge in [0.05, 0.1) is 11.5 Å². The van der Waals surface area contributed by atoms with Gasteiger partial charge in [-0.15, -0.1) is 0 Å². The Morgan fingerprint density at radius 3 is 2.33 bits per heavy atom. The Bertz CT molecular complexity index is 1340. The van der Waals surface area contributed by atoms with Crippen LogP contribution in [0.5, 0.6) is 5.75 Å². The summed E-state index contributed by atoms with van der Waals surface area (Å²) < 4.78 is 28.9. The molecule has 0 saturated carbocycles. The standard InChI is InChI=1S/C29H34N2O4S/c1-20-7-3-4-8-28(20)36(34,35)30-15-5-6-16-31-26(18-30)29(27(31)19-32)23-11-9-22(10-12-23)25-14-13-24(33)17-21(25)2/h3-4,7-14,17,26-27,29,32-33H,5-6,15-16,18-19H2,1-2H3. The summed E-state index contributed by atoms with van der Waals surface area (Å²) in [7, 11) is -3.61. The molecule has 190 valence electrons. The maximum absolute atomic E-state index is 13.6. The summed E-state index contributed by atoms with van der Waals surface area (Å²) in [6, 6.07) is 20.9. The minimum atomic E-state index is -3.61. The van der Waals surface area contributed by atoms with Gasteiger partial charge in [-0.2, -0.15) is 4.31 Å². The second kappa shape index (κ2) is 9.98. The molecule has 2 saturated heterocycles. The molecule has 0 amide bonds. The molecular weight excluding hydrogens is 472 g/mol. The van der Waals surface area contributed by atoms with Gasteiger partial charge in [0.25, 0.3) is 0 Å². The summed E-state index contributed by atoms with van der Waals surface area (Å²) in [6.45, 7) is 5.66. The maximum Gasteiger partial charge on any atom is 0.243 e. The van der Waals surface area contributed by atoms with Crippen LogP contribution in [0.1, 0.15) is 35.4 Å². The highest BCUT2D eigenvalue weighted by Crippen LogP contribution is 2.43. The molecule has 0 aromatic heterocycles. The number of phenolic OH excluding ortho intramolecular Hbond substituents is 1. The number of rotatable bonds is 5. The number of aliphatic hydroxyl groups excluding tert-OH is 1. The van der Waals surface area contributed by atoms with E-state index in [0.717, 1.165) is 47.2 Å². The Morgan fingerprint density at radius 2 is 1.64 bits per heavy atom. The summed E-state index contributed by atoms with van der Waals surface area (Å²) in [5.74, 6) is 0.306. The first-order valence-electron chi connectivity index (χ1n) is 12.6. The Morgan fingerprint density at radius 1 is 0.917 bits per heavy atom. The number of hydrogen-bond donors (Lipinski definition) is 2. The Kier molecular flexibility index (Phi) is 6.92. The minimum absolute atomic E-state index is 0.0162. The van der Waals surface area contributed by atoms with Gasteiger partial charge in [0.2, 0.25) is 10.0 Å². The SMILES string of the molecule is Cc1cc(O)ccc1-c1ccc(C2C(CO)N3CCCCN(S(=O)(=O)c4ccccc4C)CC23)cc1. The molecule has 3 aromatic carbocycles. The third kappa shape index (κ3) is 4.45.